The molecule has 1 N–H and O–H groups in total. The summed E-state index contributed by atoms with van der Waals surface area (Å²) >= 11 is 0. The summed E-state index contributed by atoms with van der Waals surface area (Å²) in [7, 11) is 1.47. The molecule has 0 saturated carbocycles. The smallest absolute Gasteiger partial charge is 0.305 e. The largest absolute Gasteiger partial charge is 0.390 e. The van der Waals surface area contributed by atoms with E-state index < -0.39 is 11.0 Å². The van der Waals surface area contributed by atoms with E-state index in [0.717, 1.165) is 12.4 Å². The number of nitrogens with zero attached hydrogens (tertiary/aromatic N) is 3. The van der Waals surface area contributed by atoms with Crippen LogP contribution in [0.4, 0.5) is 5.69 Å². The third-order valence-electron chi connectivity index (χ3n) is 1.68. The number of aliphatic hydroxyl groups excluding tert-OH is 1. The Kier molecular flexibility index (Phi) is 4.07. The molecule has 0 radical (unpaired) electrons. The third-order valence-corrected chi connectivity index (χ3v) is 1.68. The summed E-state index contributed by atoms with van der Waals surface area (Å²) in [5, 5.41) is 19.6. The fraction of sp³-hybridized carbons (Fsp3) is 0.500. The molecule has 1 rings (SSSR count). The Hall–Kier alpha value is -1.60. The molecule has 1 unspecified atom stereocenters. The van der Waals surface area contributed by atoms with Gasteiger partial charge in [0.15, 0.2) is 0 Å². The van der Waals surface area contributed by atoms with Crippen molar-refractivity contribution in [1.82, 2.24) is 9.97 Å². The number of rotatable bonds is 5. The summed E-state index contributed by atoms with van der Waals surface area (Å²) in [6.45, 7) is 0.181. The highest BCUT2D eigenvalue weighted by molar-refractivity contribution is 5.20. The number of hydrogen-bond acceptors (Lipinski definition) is 6. The average Bonchev–Trinajstić information content (AvgIpc) is 2.18. The predicted molar refractivity (Wildman–Crippen MR) is 50.3 cm³/mol. The quantitative estimate of drug-likeness (QED) is 0.543. The predicted octanol–water partition coefficient (Wildman–Crippen LogP) is -0.0654. The fourth-order valence-corrected chi connectivity index (χ4v) is 1.01. The highest BCUT2D eigenvalue weighted by Gasteiger charge is 2.10. The summed E-state index contributed by atoms with van der Waals surface area (Å²) in [4.78, 5) is 17.2. The van der Waals surface area contributed by atoms with Gasteiger partial charge in [0.2, 0.25) is 0 Å². The van der Waals surface area contributed by atoms with E-state index in [-0.39, 0.29) is 18.7 Å². The number of hydrogen-bond donors (Lipinski definition) is 1. The van der Waals surface area contributed by atoms with Gasteiger partial charge in [0.05, 0.1) is 17.6 Å². The molecule has 0 aliphatic rings. The van der Waals surface area contributed by atoms with Crippen LogP contribution in [0.25, 0.3) is 0 Å². The maximum Gasteiger partial charge on any atom is 0.305 e. The summed E-state index contributed by atoms with van der Waals surface area (Å²) in [5.41, 5.74) is -0.167. The number of aliphatic hydroxyl groups is 1. The Bertz CT molecular complexity index is 327. The number of methoxy groups -OCH3 is 1. The van der Waals surface area contributed by atoms with Gasteiger partial charge in [-0.2, -0.15) is 0 Å². The van der Waals surface area contributed by atoms with Crippen molar-refractivity contribution in [3.63, 3.8) is 0 Å². The van der Waals surface area contributed by atoms with Gasteiger partial charge in [0.1, 0.15) is 18.2 Å². The van der Waals surface area contributed by atoms with Crippen LogP contribution in [0.2, 0.25) is 0 Å². The Morgan fingerprint density at radius 2 is 2.20 bits per heavy atom. The normalized spacial score (nSPS) is 12.4. The third kappa shape index (κ3) is 3.56. The highest BCUT2D eigenvalue weighted by Crippen LogP contribution is 2.06. The van der Waals surface area contributed by atoms with Crippen LogP contribution >= 0.6 is 0 Å². The zero-order valence-corrected chi connectivity index (χ0v) is 8.16. The molecule has 0 aromatic carbocycles. The lowest BCUT2D eigenvalue weighted by molar-refractivity contribution is -0.385. The number of aromatic nitrogens is 2. The number of nitro groups is 1. The molecule has 15 heavy (non-hydrogen) atoms. The van der Waals surface area contributed by atoms with Gasteiger partial charge in [-0.05, 0) is 0 Å². The lowest BCUT2D eigenvalue weighted by Gasteiger charge is -2.06. The first-order chi connectivity index (χ1) is 7.13. The van der Waals surface area contributed by atoms with Crippen LogP contribution in [0.1, 0.15) is 5.82 Å². The minimum Gasteiger partial charge on any atom is -0.390 e. The summed E-state index contributed by atoms with van der Waals surface area (Å²) < 4.78 is 4.72. The Morgan fingerprint density at radius 3 is 2.67 bits per heavy atom. The fourth-order valence-electron chi connectivity index (χ4n) is 1.01. The molecule has 1 atom stereocenters. The molecule has 0 saturated heterocycles. The van der Waals surface area contributed by atoms with E-state index in [1.54, 1.807) is 0 Å². The lowest BCUT2D eigenvalue weighted by atomic mass is 10.2. The van der Waals surface area contributed by atoms with Gasteiger partial charge >= 0.3 is 5.69 Å². The van der Waals surface area contributed by atoms with Crippen LogP contribution in [0.15, 0.2) is 12.4 Å². The van der Waals surface area contributed by atoms with E-state index in [2.05, 4.69) is 9.97 Å². The van der Waals surface area contributed by atoms with E-state index in [1.165, 1.54) is 7.11 Å². The van der Waals surface area contributed by atoms with E-state index in [4.69, 9.17) is 4.74 Å². The van der Waals surface area contributed by atoms with Crippen molar-refractivity contribution in [3.8, 4) is 0 Å². The molecule has 1 aromatic rings. The van der Waals surface area contributed by atoms with Gasteiger partial charge < -0.3 is 9.84 Å². The maximum atomic E-state index is 10.3. The molecule has 0 spiro atoms. The van der Waals surface area contributed by atoms with Gasteiger partial charge in [-0.3, -0.25) is 10.1 Å². The summed E-state index contributed by atoms with van der Waals surface area (Å²) in [6, 6.07) is 0. The molecular formula is C8H11N3O4. The van der Waals surface area contributed by atoms with E-state index in [0.29, 0.717) is 5.82 Å². The molecule has 1 heterocycles. The minimum absolute atomic E-state index is 0.167. The van der Waals surface area contributed by atoms with Crippen molar-refractivity contribution in [2.24, 2.45) is 0 Å². The molecule has 0 bridgehead atoms. The van der Waals surface area contributed by atoms with E-state index >= 15 is 0 Å². The van der Waals surface area contributed by atoms with Crippen molar-refractivity contribution in [3.05, 3.63) is 28.3 Å². The zero-order chi connectivity index (χ0) is 11.3. The number of ether oxygens (including phenoxy) is 1. The second-order valence-electron chi connectivity index (χ2n) is 2.93. The van der Waals surface area contributed by atoms with Gasteiger partial charge in [-0.15, -0.1) is 0 Å². The van der Waals surface area contributed by atoms with E-state index in [9.17, 15) is 15.2 Å². The second-order valence-corrected chi connectivity index (χ2v) is 2.93. The van der Waals surface area contributed by atoms with Crippen LogP contribution in [0, 0.1) is 10.1 Å². The molecule has 7 nitrogen and oxygen atoms in total. The molecule has 82 valence electrons. The van der Waals surface area contributed by atoms with Crippen LogP contribution in [0.5, 0.6) is 0 Å². The molecule has 0 amide bonds. The summed E-state index contributed by atoms with van der Waals surface area (Å²) in [6.07, 6.45) is 1.74. The van der Waals surface area contributed by atoms with Crippen LogP contribution in [0.3, 0.4) is 0 Å². The topological polar surface area (TPSA) is 98.4 Å². The first kappa shape index (κ1) is 11.5. The molecule has 0 aliphatic carbocycles. The molecule has 7 heteroatoms. The lowest BCUT2D eigenvalue weighted by Crippen LogP contribution is -2.18. The Balaban J connectivity index is 2.60. The van der Waals surface area contributed by atoms with Gasteiger partial charge in [-0.1, -0.05) is 0 Å². The van der Waals surface area contributed by atoms with Gasteiger partial charge in [-0.25, -0.2) is 9.97 Å². The van der Waals surface area contributed by atoms with Crippen molar-refractivity contribution in [1.29, 1.82) is 0 Å². The minimum atomic E-state index is -0.698. The molecule has 0 aliphatic heterocycles. The van der Waals surface area contributed by atoms with Crippen LogP contribution < -0.4 is 0 Å². The maximum absolute atomic E-state index is 10.3. The Morgan fingerprint density at radius 1 is 1.60 bits per heavy atom. The SMILES string of the molecule is COCC(O)Cc1ncc([N+](=O)[O-])cn1. The van der Waals surface area contributed by atoms with Crippen molar-refractivity contribution >= 4 is 5.69 Å². The monoisotopic (exact) mass is 213 g/mol. The van der Waals surface area contributed by atoms with Crippen LogP contribution in [-0.2, 0) is 11.2 Å². The highest BCUT2D eigenvalue weighted by atomic mass is 16.6. The first-order valence-corrected chi connectivity index (χ1v) is 4.25. The zero-order valence-electron chi connectivity index (χ0n) is 8.16. The van der Waals surface area contributed by atoms with Crippen LogP contribution in [-0.4, -0.2) is 39.8 Å². The average molecular weight is 213 g/mol. The molecular weight excluding hydrogens is 202 g/mol. The van der Waals surface area contributed by atoms with Gasteiger partial charge in [0, 0.05) is 13.5 Å². The second kappa shape index (κ2) is 5.32. The standard InChI is InChI=1S/C8H11N3O4/c1-15-5-7(12)2-8-9-3-6(4-10-8)11(13)14/h3-4,7,12H,2,5H2,1H3. The van der Waals surface area contributed by atoms with Crippen molar-refractivity contribution < 1.29 is 14.8 Å². The van der Waals surface area contributed by atoms with Crippen molar-refractivity contribution in [2.75, 3.05) is 13.7 Å². The van der Waals surface area contributed by atoms with Gasteiger partial charge in [0.25, 0.3) is 0 Å². The first-order valence-electron chi connectivity index (χ1n) is 4.25. The van der Waals surface area contributed by atoms with E-state index in [1.807, 2.05) is 0 Å². The molecule has 0 fully saturated rings. The summed E-state index contributed by atoms with van der Waals surface area (Å²) in [5.74, 6) is 0.352. The molecule has 1 aromatic heterocycles. The Labute approximate surface area is 85.9 Å². The van der Waals surface area contributed by atoms with Crippen molar-refractivity contribution in [2.45, 2.75) is 12.5 Å².